The number of hydrogen-bond donors (Lipinski definition) is 1. The number of benzene rings is 1. The summed E-state index contributed by atoms with van der Waals surface area (Å²) in [5, 5.41) is 9.25. The molecule has 1 atom stereocenters. The SMILES string of the molecule is COc1ccc(C(c2ncccc2C)N2CCC(C(=O)O)CC2)cc1. The number of rotatable bonds is 5. The van der Waals surface area contributed by atoms with Crippen LogP contribution in [-0.4, -0.2) is 41.2 Å². The maximum absolute atomic E-state index is 11.3. The molecule has 1 unspecified atom stereocenters. The van der Waals surface area contributed by atoms with Gasteiger partial charge in [0.25, 0.3) is 0 Å². The van der Waals surface area contributed by atoms with E-state index in [9.17, 15) is 9.90 Å². The first kappa shape index (κ1) is 17.4. The zero-order valence-corrected chi connectivity index (χ0v) is 14.7. The summed E-state index contributed by atoms with van der Waals surface area (Å²) in [6, 6.07) is 12.1. The number of nitrogens with zero attached hydrogens (tertiary/aromatic N) is 2. The van der Waals surface area contributed by atoms with Crippen LogP contribution in [0.25, 0.3) is 0 Å². The quantitative estimate of drug-likeness (QED) is 0.905. The summed E-state index contributed by atoms with van der Waals surface area (Å²) in [4.78, 5) is 18.2. The van der Waals surface area contributed by atoms with Crippen molar-refractivity contribution in [2.24, 2.45) is 5.92 Å². The van der Waals surface area contributed by atoms with Crippen molar-refractivity contribution in [3.8, 4) is 5.75 Å². The molecule has 3 rings (SSSR count). The Morgan fingerprint density at radius 1 is 1.24 bits per heavy atom. The van der Waals surface area contributed by atoms with E-state index in [1.165, 1.54) is 0 Å². The predicted octanol–water partition coefficient (Wildman–Crippen LogP) is 3.28. The largest absolute Gasteiger partial charge is 0.497 e. The minimum atomic E-state index is -0.685. The van der Waals surface area contributed by atoms with E-state index in [1.807, 2.05) is 24.4 Å². The summed E-state index contributed by atoms with van der Waals surface area (Å²) in [7, 11) is 1.66. The first-order valence-corrected chi connectivity index (χ1v) is 8.62. The highest BCUT2D eigenvalue weighted by atomic mass is 16.5. The Labute approximate surface area is 148 Å². The summed E-state index contributed by atoms with van der Waals surface area (Å²) < 4.78 is 5.27. The first-order chi connectivity index (χ1) is 12.1. The lowest BCUT2D eigenvalue weighted by molar-refractivity contribution is -0.143. The monoisotopic (exact) mass is 340 g/mol. The van der Waals surface area contributed by atoms with Crippen molar-refractivity contribution in [3.63, 3.8) is 0 Å². The topological polar surface area (TPSA) is 62.7 Å². The molecule has 0 amide bonds. The van der Waals surface area contributed by atoms with E-state index in [4.69, 9.17) is 4.74 Å². The molecule has 1 N–H and O–H groups in total. The second-order valence-electron chi connectivity index (χ2n) is 6.53. The molecule has 0 aliphatic carbocycles. The number of carbonyl (C=O) groups is 1. The summed E-state index contributed by atoms with van der Waals surface area (Å²) >= 11 is 0. The molecule has 1 aliphatic heterocycles. The van der Waals surface area contributed by atoms with E-state index < -0.39 is 5.97 Å². The molecule has 5 nitrogen and oxygen atoms in total. The zero-order valence-electron chi connectivity index (χ0n) is 14.7. The summed E-state index contributed by atoms with van der Waals surface area (Å²) in [6.45, 7) is 3.58. The Bertz CT molecular complexity index is 722. The first-order valence-electron chi connectivity index (χ1n) is 8.62. The summed E-state index contributed by atoms with van der Waals surface area (Å²) in [6.07, 6.45) is 3.17. The van der Waals surface area contributed by atoms with E-state index in [2.05, 4.69) is 35.0 Å². The lowest BCUT2D eigenvalue weighted by Gasteiger charge is -2.37. The van der Waals surface area contributed by atoms with E-state index in [-0.39, 0.29) is 12.0 Å². The molecule has 0 spiro atoms. The van der Waals surface area contributed by atoms with E-state index in [0.29, 0.717) is 12.8 Å². The number of aliphatic carboxylic acids is 1. The lowest BCUT2D eigenvalue weighted by atomic mass is 9.92. The fourth-order valence-corrected chi connectivity index (χ4v) is 3.52. The molecule has 1 aromatic carbocycles. The Balaban J connectivity index is 1.92. The van der Waals surface area contributed by atoms with Crippen molar-refractivity contribution in [1.29, 1.82) is 0 Å². The molecule has 0 radical (unpaired) electrons. The molecule has 0 saturated carbocycles. The smallest absolute Gasteiger partial charge is 0.306 e. The number of likely N-dealkylation sites (tertiary alicyclic amines) is 1. The van der Waals surface area contributed by atoms with Crippen LogP contribution in [0.4, 0.5) is 0 Å². The maximum Gasteiger partial charge on any atom is 0.306 e. The third-order valence-electron chi connectivity index (χ3n) is 4.98. The predicted molar refractivity (Wildman–Crippen MR) is 95.7 cm³/mol. The van der Waals surface area contributed by atoms with Gasteiger partial charge in [-0.25, -0.2) is 0 Å². The average molecular weight is 340 g/mol. The number of carboxylic acids is 1. The number of ether oxygens (including phenoxy) is 1. The number of hydrogen-bond acceptors (Lipinski definition) is 4. The van der Waals surface area contributed by atoms with Gasteiger partial charge in [-0.1, -0.05) is 18.2 Å². The summed E-state index contributed by atoms with van der Waals surface area (Å²) in [5.41, 5.74) is 3.32. The van der Waals surface area contributed by atoms with Crippen LogP contribution in [-0.2, 0) is 4.79 Å². The van der Waals surface area contributed by atoms with Crippen molar-refractivity contribution < 1.29 is 14.6 Å². The van der Waals surface area contributed by atoms with Gasteiger partial charge in [-0.15, -0.1) is 0 Å². The Hall–Kier alpha value is -2.40. The molecular formula is C20H24N2O3. The van der Waals surface area contributed by atoms with Crippen molar-refractivity contribution in [2.75, 3.05) is 20.2 Å². The fraction of sp³-hybridized carbons (Fsp3) is 0.400. The lowest BCUT2D eigenvalue weighted by Crippen LogP contribution is -2.39. The minimum absolute atomic E-state index is 0.0295. The molecule has 5 heteroatoms. The molecule has 0 bridgehead atoms. The average Bonchev–Trinajstić information content (AvgIpc) is 2.64. The minimum Gasteiger partial charge on any atom is -0.497 e. The summed E-state index contributed by atoms with van der Waals surface area (Å²) in [5.74, 6) is -0.0999. The van der Waals surface area contributed by atoms with Gasteiger partial charge in [0.15, 0.2) is 0 Å². The molecule has 1 fully saturated rings. The number of aryl methyl sites for hydroxylation is 1. The van der Waals surface area contributed by atoms with Crippen molar-refractivity contribution in [1.82, 2.24) is 9.88 Å². The highest BCUT2D eigenvalue weighted by molar-refractivity contribution is 5.70. The van der Waals surface area contributed by atoms with Crippen LogP contribution >= 0.6 is 0 Å². The highest BCUT2D eigenvalue weighted by Crippen LogP contribution is 2.33. The van der Waals surface area contributed by atoms with Crippen LogP contribution in [0.5, 0.6) is 5.75 Å². The van der Waals surface area contributed by atoms with Crippen LogP contribution in [0, 0.1) is 12.8 Å². The van der Waals surface area contributed by atoms with Crippen LogP contribution in [0.2, 0.25) is 0 Å². The van der Waals surface area contributed by atoms with Gasteiger partial charge in [0, 0.05) is 6.20 Å². The van der Waals surface area contributed by atoms with Gasteiger partial charge in [-0.05, 0) is 62.2 Å². The molecule has 1 aliphatic rings. The standard InChI is InChI=1S/C20H24N2O3/c1-14-4-3-11-21-18(14)19(15-5-7-17(25-2)8-6-15)22-12-9-16(10-13-22)20(23)24/h3-8,11,16,19H,9-10,12-13H2,1-2H3,(H,23,24). The van der Waals surface area contributed by atoms with Gasteiger partial charge in [0.05, 0.1) is 24.8 Å². The maximum atomic E-state index is 11.3. The molecule has 2 heterocycles. The van der Waals surface area contributed by atoms with Crippen LogP contribution < -0.4 is 4.74 Å². The van der Waals surface area contributed by atoms with Crippen LogP contribution in [0.1, 0.15) is 35.7 Å². The third kappa shape index (κ3) is 3.82. The van der Waals surface area contributed by atoms with Crippen LogP contribution in [0.3, 0.4) is 0 Å². The number of pyridine rings is 1. The van der Waals surface area contributed by atoms with Gasteiger partial charge in [0.2, 0.25) is 0 Å². The highest BCUT2D eigenvalue weighted by Gasteiger charge is 2.31. The van der Waals surface area contributed by atoms with Gasteiger partial charge in [-0.3, -0.25) is 14.7 Å². The van der Waals surface area contributed by atoms with Gasteiger partial charge >= 0.3 is 5.97 Å². The Kier molecular flexibility index (Phi) is 5.34. The molecule has 2 aromatic rings. The Morgan fingerprint density at radius 2 is 1.92 bits per heavy atom. The van der Waals surface area contributed by atoms with Gasteiger partial charge < -0.3 is 9.84 Å². The van der Waals surface area contributed by atoms with Crippen LogP contribution in [0.15, 0.2) is 42.6 Å². The number of piperidine rings is 1. The molecule has 1 saturated heterocycles. The normalized spacial score (nSPS) is 17.2. The second-order valence-corrected chi connectivity index (χ2v) is 6.53. The Morgan fingerprint density at radius 3 is 2.48 bits per heavy atom. The van der Waals surface area contributed by atoms with Gasteiger partial charge in [0.1, 0.15) is 5.75 Å². The van der Waals surface area contributed by atoms with Gasteiger partial charge in [-0.2, -0.15) is 0 Å². The van der Waals surface area contributed by atoms with Crippen molar-refractivity contribution in [3.05, 3.63) is 59.4 Å². The van der Waals surface area contributed by atoms with E-state index in [1.54, 1.807) is 7.11 Å². The number of methoxy groups -OCH3 is 1. The fourth-order valence-electron chi connectivity index (χ4n) is 3.52. The zero-order chi connectivity index (χ0) is 17.8. The van der Waals surface area contributed by atoms with Crippen molar-refractivity contribution in [2.45, 2.75) is 25.8 Å². The molecular weight excluding hydrogens is 316 g/mol. The third-order valence-corrected chi connectivity index (χ3v) is 4.98. The van der Waals surface area contributed by atoms with E-state index in [0.717, 1.165) is 35.7 Å². The molecule has 25 heavy (non-hydrogen) atoms. The number of aromatic nitrogens is 1. The van der Waals surface area contributed by atoms with E-state index >= 15 is 0 Å². The molecule has 1 aromatic heterocycles. The second kappa shape index (κ2) is 7.66. The molecule has 132 valence electrons. The number of carboxylic acid groups (broad SMARTS) is 1. The van der Waals surface area contributed by atoms with Crippen molar-refractivity contribution >= 4 is 5.97 Å².